The fourth-order valence-corrected chi connectivity index (χ4v) is 2.49. The summed E-state index contributed by atoms with van der Waals surface area (Å²) in [5.41, 5.74) is 6.18. The van der Waals surface area contributed by atoms with Crippen molar-refractivity contribution in [2.45, 2.75) is 38.6 Å². The summed E-state index contributed by atoms with van der Waals surface area (Å²) < 4.78 is 5.43. The van der Waals surface area contributed by atoms with Crippen LogP contribution >= 0.6 is 0 Å². The van der Waals surface area contributed by atoms with Crippen LogP contribution in [0.4, 0.5) is 5.69 Å². The van der Waals surface area contributed by atoms with E-state index < -0.39 is 0 Å². The number of hydrogen-bond acceptors (Lipinski definition) is 3. The van der Waals surface area contributed by atoms with Gasteiger partial charge in [-0.25, -0.2) is 0 Å². The first-order chi connectivity index (χ1) is 9.13. The zero-order valence-corrected chi connectivity index (χ0v) is 11.4. The van der Waals surface area contributed by atoms with Gasteiger partial charge < -0.3 is 15.8 Å². The molecule has 0 aromatic heterocycles. The van der Waals surface area contributed by atoms with Crippen molar-refractivity contribution in [3.8, 4) is 5.75 Å². The highest BCUT2D eigenvalue weighted by Gasteiger charge is 2.20. The number of ether oxygens (including phenoxy) is 1. The van der Waals surface area contributed by atoms with Gasteiger partial charge >= 0.3 is 0 Å². The van der Waals surface area contributed by atoms with Crippen molar-refractivity contribution >= 4 is 11.6 Å². The van der Waals surface area contributed by atoms with Crippen LogP contribution in [0.25, 0.3) is 0 Å². The van der Waals surface area contributed by atoms with Crippen LogP contribution in [-0.2, 0) is 4.79 Å². The number of carbonyl (C=O) groups excluding carboxylic acids is 1. The average Bonchev–Trinajstić information content (AvgIpc) is 2.77. The van der Waals surface area contributed by atoms with E-state index in [1.807, 2.05) is 24.3 Å². The molecule has 0 spiro atoms. The van der Waals surface area contributed by atoms with Crippen LogP contribution in [0.1, 0.15) is 32.6 Å². The number of rotatable bonds is 6. The second kappa shape index (κ2) is 6.45. The molecule has 0 bridgehead atoms. The van der Waals surface area contributed by atoms with Gasteiger partial charge in [0.2, 0.25) is 5.91 Å². The monoisotopic (exact) mass is 262 g/mol. The van der Waals surface area contributed by atoms with Crippen molar-refractivity contribution < 1.29 is 9.53 Å². The maximum Gasteiger partial charge on any atom is 0.220 e. The summed E-state index contributed by atoms with van der Waals surface area (Å²) in [4.78, 5) is 10.6. The molecule has 1 amide bonds. The van der Waals surface area contributed by atoms with Gasteiger partial charge in [-0.2, -0.15) is 0 Å². The summed E-state index contributed by atoms with van der Waals surface area (Å²) in [7, 11) is 0. The quantitative estimate of drug-likeness (QED) is 0.828. The molecule has 4 heteroatoms. The fourth-order valence-electron chi connectivity index (χ4n) is 2.49. The van der Waals surface area contributed by atoms with Crippen LogP contribution in [0.3, 0.4) is 0 Å². The molecule has 0 aliphatic heterocycles. The molecular formula is C15H22N2O2. The van der Waals surface area contributed by atoms with Crippen LogP contribution in [0.15, 0.2) is 24.3 Å². The number of nitrogens with one attached hydrogen (secondary N) is 1. The minimum absolute atomic E-state index is 0.250. The molecule has 0 radical (unpaired) electrons. The number of carbonyl (C=O) groups is 1. The van der Waals surface area contributed by atoms with E-state index >= 15 is 0 Å². The van der Waals surface area contributed by atoms with Crippen LogP contribution in [0.2, 0.25) is 0 Å². The lowest BCUT2D eigenvalue weighted by Crippen LogP contribution is -2.15. The second-order valence-corrected chi connectivity index (χ2v) is 5.35. The van der Waals surface area contributed by atoms with E-state index in [-0.39, 0.29) is 12.3 Å². The molecule has 1 aliphatic rings. The van der Waals surface area contributed by atoms with E-state index in [0.717, 1.165) is 17.4 Å². The minimum Gasteiger partial charge on any atom is -0.493 e. The van der Waals surface area contributed by atoms with Crippen molar-refractivity contribution in [3.05, 3.63) is 24.3 Å². The molecular weight excluding hydrogens is 240 g/mol. The SMILES string of the molecule is CC1CCC(Nc2ccc(OCCC(N)=O)cc2)C1. The van der Waals surface area contributed by atoms with Crippen molar-refractivity contribution in [1.29, 1.82) is 0 Å². The van der Waals surface area contributed by atoms with Crippen LogP contribution in [0, 0.1) is 5.92 Å². The number of primary amides is 1. The smallest absolute Gasteiger partial charge is 0.220 e. The van der Waals surface area contributed by atoms with E-state index in [1.165, 1.54) is 19.3 Å². The highest BCUT2D eigenvalue weighted by molar-refractivity contribution is 5.73. The van der Waals surface area contributed by atoms with Crippen LogP contribution in [0.5, 0.6) is 5.75 Å². The Bertz CT molecular complexity index is 417. The average molecular weight is 262 g/mol. The van der Waals surface area contributed by atoms with Crippen molar-refractivity contribution in [3.63, 3.8) is 0 Å². The third kappa shape index (κ3) is 4.47. The molecule has 1 aromatic carbocycles. The van der Waals surface area contributed by atoms with Crippen LogP contribution < -0.4 is 15.8 Å². The Morgan fingerprint density at radius 2 is 2.11 bits per heavy atom. The molecule has 2 rings (SSSR count). The fraction of sp³-hybridized carbons (Fsp3) is 0.533. The lowest BCUT2D eigenvalue weighted by Gasteiger charge is -2.14. The molecule has 19 heavy (non-hydrogen) atoms. The first kappa shape index (κ1) is 13.7. The number of amides is 1. The second-order valence-electron chi connectivity index (χ2n) is 5.35. The molecule has 1 aliphatic carbocycles. The van der Waals surface area contributed by atoms with Gasteiger partial charge in [0.05, 0.1) is 13.0 Å². The van der Waals surface area contributed by atoms with Crippen molar-refractivity contribution in [2.75, 3.05) is 11.9 Å². The lowest BCUT2D eigenvalue weighted by atomic mass is 10.1. The van der Waals surface area contributed by atoms with Gasteiger partial charge in [-0.15, -0.1) is 0 Å². The number of hydrogen-bond donors (Lipinski definition) is 2. The zero-order chi connectivity index (χ0) is 13.7. The number of anilines is 1. The van der Waals surface area contributed by atoms with Gasteiger partial charge in [0.1, 0.15) is 5.75 Å². The number of nitrogens with two attached hydrogens (primary N) is 1. The van der Waals surface area contributed by atoms with E-state index in [9.17, 15) is 4.79 Å². The van der Waals surface area contributed by atoms with E-state index in [2.05, 4.69) is 12.2 Å². The summed E-state index contributed by atoms with van der Waals surface area (Å²) in [6.45, 7) is 2.64. The maximum atomic E-state index is 10.6. The first-order valence-corrected chi connectivity index (χ1v) is 6.91. The molecule has 2 unspecified atom stereocenters. The minimum atomic E-state index is -0.339. The first-order valence-electron chi connectivity index (χ1n) is 6.91. The molecule has 1 aromatic rings. The Labute approximate surface area is 114 Å². The zero-order valence-electron chi connectivity index (χ0n) is 11.4. The van der Waals surface area contributed by atoms with Crippen LogP contribution in [-0.4, -0.2) is 18.6 Å². The summed E-state index contributed by atoms with van der Waals surface area (Å²) in [6.07, 6.45) is 4.06. The van der Waals surface area contributed by atoms with E-state index in [0.29, 0.717) is 12.6 Å². The summed E-state index contributed by atoms with van der Waals surface area (Å²) in [5.74, 6) is 1.26. The molecule has 3 N–H and O–H groups in total. The van der Waals surface area contributed by atoms with Gasteiger partial charge in [0.25, 0.3) is 0 Å². The highest BCUT2D eigenvalue weighted by atomic mass is 16.5. The molecule has 4 nitrogen and oxygen atoms in total. The van der Waals surface area contributed by atoms with Crippen molar-refractivity contribution in [2.24, 2.45) is 11.7 Å². The predicted octanol–water partition coefficient (Wildman–Crippen LogP) is 2.54. The Morgan fingerprint density at radius 1 is 1.37 bits per heavy atom. The van der Waals surface area contributed by atoms with Crippen molar-refractivity contribution in [1.82, 2.24) is 0 Å². The molecule has 0 heterocycles. The number of benzene rings is 1. The molecule has 2 atom stereocenters. The Hall–Kier alpha value is -1.71. The Kier molecular flexibility index (Phi) is 4.66. The normalized spacial score (nSPS) is 22.2. The van der Waals surface area contributed by atoms with Gasteiger partial charge in [0, 0.05) is 11.7 Å². The van der Waals surface area contributed by atoms with Gasteiger partial charge in [-0.05, 0) is 49.4 Å². The molecule has 0 saturated heterocycles. The molecule has 1 saturated carbocycles. The summed E-state index contributed by atoms with van der Waals surface area (Å²) in [6, 6.07) is 8.46. The lowest BCUT2D eigenvalue weighted by molar-refractivity contribution is -0.118. The third-order valence-corrected chi connectivity index (χ3v) is 3.54. The Balaban J connectivity index is 1.79. The molecule has 104 valence electrons. The maximum absolute atomic E-state index is 10.6. The van der Waals surface area contributed by atoms with E-state index in [4.69, 9.17) is 10.5 Å². The largest absolute Gasteiger partial charge is 0.493 e. The standard InChI is InChI=1S/C15H22N2O2/c1-11-2-3-13(10-11)17-12-4-6-14(7-5-12)19-9-8-15(16)18/h4-7,11,13,17H,2-3,8-10H2,1H3,(H2,16,18). The van der Waals surface area contributed by atoms with Gasteiger partial charge in [-0.1, -0.05) is 6.92 Å². The highest BCUT2D eigenvalue weighted by Crippen LogP contribution is 2.28. The third-order valence-electron chi connectivity index (χ3n) is 3.54. The predicted molar refractivity (Wildman–Crippen MR) is 76.2 cm³/mol. The Morgan fingerprint density at radius 3 is 2.68 bits per heavy atom. The molecule has 1 fully saturated rings. The topological polar surface area (TPSA) is 64.3 Å². The van der Waals surface area contributed by atoms with Gasteiger partial charge in [0.15, 0.2) is 0 Å². The summed E-state index contributed by atoms with van der Waals surface area (Å²) in [5, 5.41) is 3.54. The van der Waals surface area contributed by atoms with Gasteiger partial charge in [-0.3, -0.25) is 4.79 Å². The summed E-state index contributed by atoms with van der Waals surface area (Å²) >= 11 is 0. The van der Waals surface area contributed by atoms with E-state index in [1.54, 1.807) is 0 Å².